The Morgan fingerprint density at radius 2 is 1.62 bits per heavy atom. The quantitative estimate of drug-likeness (QED) is 0.485. The maximum absolute atomic E-state index is 14.3. The molecule has 1 heterocycles. The van der Waals surface area contributed by atoms with Crippen molar-refractivity contribution in [2.24, 2.45) is 23.2 Å². The van der Waals surface area contributed by atoms with Crippen LogP contribution in [0.3, 0.4) is 0 Å². The molecule has 5 fully saturated rings. The number of nitrogens with one attached hydrogen (secondary N) is 2. The van der Waals surface area contributed by atoms with Crippen molar-refractivity contribution >= 4 is 17.8 Å². The zero-order chi connectivity index (χ0) is 24.5. The van der Waals surface area contributed by atoms with E-state index in [9.17, 15) is 31.9 Å². The number of hydrogen-bond donors (Lipinski definition) is 2. The number of carbonyl (C=O) groups excluding carboxylic acids is 3. The summed E-state index contributed by atoms with van der Waals surface area (Å²) in [5.41, 5.74) is -4.23. The second kappa shape index (κ2) is 7.68. The molecule has 4 amide bonds. The van der Waals surface area contributed by atoms with Crippen LogP contribution in [0.15, 0.2) is 24.3 Å². The van der Waals surface area contributed by atoms with Gasteiger partial charge in [-0.05, 0) is 92.4 Å². The fraction of sp³-hybridized carbons (Fsp3) is 0.625. The molecule has 4 aliphatic carbocycles. The van der Waals surface area contributed by atoms with Gasteiger partial charge < -0.3 is 5.32 Å². The van der Waals surface area contributed by atoms with Crippen LogP contribution in [0.4, 0.5) is 22.4 Å². The van der Waals surface area contributed by atoms with Gasteiger partial charge in [0.1, 0.15) is 5.82 Å². The monoisotopic (exact) mass is 481 g/mol. The predicted molar refractivity (Wildman–Crippen MR) is 113 cm³/mol. The average molecular weight is 481 g/mol. The largest absolute Gasteiger partial charge is 0.440 e. The normalized spacial score (nSPS) is 35.4. The molecule has 0 radical (unpaired) electrons. The SMILES string of the molecule is CC[C@@H](N1C(=O)N[C@](NC(=O)c2ccc(F)cc2)(C(F)(F)F)C1=O)C12CC3CC(CC(C3)C1)C2. The Bertz CT molecular complexity index is 990. The molecule has 0 spiro atoms. The van der Waals surface area contributed by atoms with Crippen molar-refractivity contribution in [3.63, 3.8) is 0 Å². The summed E-state index contributed by atoms with van der Waals surface area (Å²) >= 11 is 0. The average Bonchev–Trinajstić information content (AvgIpc) is 2.99. The lowest BCUT2D eigenvalue weighted by Gasteiger charge is -2.60. The van der Waals surface area contributed by atoms with Crippen LogP contribution in [0.2, 0.25) is 0 Å². The zero-order valence-electron chi connectivity index (χ0n) is 18.8. The third-order valence-corrected chi connectivity index (χ3v) is 8.38. The van der Waals surface area contributed by atoms with Crippen molar-refractivity contribution in [3.8, 4) is 0 Å². The van der Waals surface area contributed by atoms with Gasteiger partial charge in [-0.1, -0.05) is 6.92 Å². The summed E-state index contributed by atoms with van der Waals surface area (Å²) in [6, 6.07) is 2.05. The molecular weight excluding hydrogens is 454 g/mol. The third-order valence-electron chi connectivity index (χ3n) is 8.38. The van der Waals surface area contributed by atoms with Gasteiger partial charge in [-0.15, -0.1) is 0 Å². The summed E-state index contributed by atoms with van der Waals surface area (Å²) in [6.45, 7) is 1.79. The Kier molecular flexibility index (Phi) is 5.22. The summed E-state index contributed by atoms with van der Waals surface area (Å²) in [5, 5.41) is 3.49. The highest BCUT2D eigenvalue weighted by molar-refractivity contribution is 6.10. The number of imide groups is 1. The van der Waals surface area contributed by atoms with E-state index in [4.69, 9.17) is 0 Å². The molecule has 1 saturated heterocycles. The van der Waals surface area contributed by atoms with Crippen molar-refractivity contribution in [1.82, 2.24) is 15.5 Å². The number of alkyl halides is 3. The first kappa shape index (κ1) is 23.1. The first-order valence-corrected chi connectivity index (χ1v) is 11.8. The van der Waals surface area contributed by atoms with E-state index in [1.54, 1.807) is 17.6 Å². The summed E-state index contributed by atoms with van der Waals surface area (Å²) in [4.78, 5) is 39.8. The molecule has 0 aromatic heterocycles. The Morgan fingerprint density at radius 3 is 2.09 bits per heavy atom. The van der Waals surface area contributed by atoms with E-state index in [0.717, 1.165) is 67.7 Å². The number of urea groups is 1. The van der Waals surface area contributed by atoms with E-state index in [1.807, 2.05) is 0 Å². The van der Waals surface area contributed by atoms with E-state index < -0.39 is 41.5 Å². The van der Waals surface area contributed by atoms with E-state index in [2.05, 4.69) is 0 Å². The standard InChI is InChI=1S/C24H27F4N3O3/c1-2-18(22-10-13-7-14(11-22)9-15(8-13)12-22)31-20(33)23(24(26,27)28,30-21(31)34)29-19(32)16-3-5-17(25)6-4-16/h3-6,13-15,18H,2,7-12H2,1H3,(H,29,32)(H,30,34)/t13?,14?,15?,18-,22?,23+/m1/s1. The number of rotatable bonds is 5. The van der Waals surface area contributed by atoms with Crippen LogP contribution < -0.4 is 10.6 Å². The molecule has 34 heavy (non-hydrogen) atoms. The van der Waals surface area contributed by atoms with E-state index in [-0.39, 0.29) is 11.0 Å². The topological polar surface area (TPSA) is 78.5 Å². The van der Waals surface area contributed by atoms with Gasteiger partial charge in [-0.3, -0.25) is 19.8 Å². The van der Waals surface area contributed by atoms with Crippen molar-refractivity contribution in [3.05, 3.63) is 35.6 Å². The molecule has 1 aliphatic heterocycles. The lowest BCUT2D eigenvalue weighted by molar-refractivity contribution is -0.202. The molecular formula is C24H27F4N3O3. The minimum absolute atomic E-state index is 0.265. The Labute approximate surface area is 194 Å². The van der Waals surface area contributed by atoms with Crippen molar-refractivity contribution in [2.75, 3.05) is 0 Å². The summed E-state index contributed by atoms with van der Waals surface area (Å²) in [7, 11) is 0. The lowest BCUT2D eigenvalue weighted by Crippen LogP contribution is -2.70. The molecule has 2 atom stereocenters. The van der Waals surface area contributed by atoms with Gasteiger partial charge in [0.15, 0.2) is 0 Å². The van der Waals surface area contributed by atoms with Crippen LogP contribution >= 0.6 is 0 Å². The second-order valence-corrected chi connectivity index (χ2v) is 10.5. The van der Waals surface area contributed by atoms with Gasteiger partial charge in [0.2, 0.25) is 0 Å². The molecule has 1 aromatic carbocycles. The minimum atomic E-state index is -5.29. The molecule has 0 unspecified atom stereocenters. The minimum Gasteiger partial charge on any atom is -0.314 e. The third kappa shape index (κ3) is 3.40. The molecule has 10 heteroatoms. The molecule has 184 valence electrons. The maximum Gasteiger partial charge on any atom is 0.440 e. The number of amides is 4. The lowest BCUT2D eigenvalue weighted by atomic mass is 9.47. The molecule has 4 bridgehead atoms. The van der Waals surface area contributed by atoms with Gasteiger partial charge in [-0.2, -0.15) is 13.2 Å². The highest BCUT2D eigenvalue weighted by Crippen LogP contribution is 2.62. The Hall–Kier alpha value is -2.65. The zero-order valence-corrected chi connectivity index (χ0v) is 18.8. The van der Waals surface area contributed by atoms with Crippen LogP contribution in [-0.4, -0.2) is 40.6 Å². The fourth-order valence-corrected chi connectivity index (χ4v) is 7.50. The van der Waals surface area contributed by atoms with E-state index >= 15 is 0 Å². The molecule has 6 nitrogen and oxygen atoms in total. The van der Waals surface area contributed by atoms with Gasteiger partial charge in [0.25, 0.3) is 17.5 Å². The van der Waals surface area contributed by atoms with Crippen molar-refractivity contribution < 1.29 is 31.9 Å². The highest BCUT2D eigenvalue weighted by Gasteiger charge is 2.71. The number of benzene rings is 1. The number of nitrogens with zero attached hydrogens (tertiary/aromatic N) is 1. The molecule has 4 saturated carbocycles. The number of halogens is 4. The van der Waals surface area contributed by atoms with E-state index in [0.29, 0.717) is 24.2 Å². The number of carbonyl (C=O) groups is 3. The van der Waals surface area contributed by atoms with E-state index in [1.165, 1.54) is 0 Å². The van der Waals surface area contributed by atoms with Gasteiger partial charge in [0.05, 0.1) is 0 Å². The first-order chi connectivity index (χ1) is 16.0. The molecule has 5 aliphatic rings. The second-order valence-electron chi connectivity index (χ2n) is 10.5. The Balaban J connectivity index is 1.48. The highest BCUT2D eigenvalue weighted by atomic mass is 19.4. The van der Waals surface area contributed by atoms with Crippen molar-refractivity contribution in [1.29, 1.82) is 0 Å². The van der Waals surface area contributed by atoms with Gasteiger partial charge >= 0.3 is 12.2 Å². The van der Waals surface area contributed by atoms with Crippen LogP contribution in [0.5, 0.6) is 0 Å². The molecule has 6 rings (SSSR count). The fourth-order valence-electron chi connectivity index (χ4n) is 7.50. The summed E-state index contributed by atoms with van der Waals surface area (Å²) < 4.78 is 56.2. The molecule has 1 aromatic rings. The summed E-state index contributed by atoms with van der Waals surface area (Å²) in [5.74, 6) is -1.98. The molecule has 2 N–H and O–H groups in total. The van der Waals surface area contributed by atoms with Crippen LogP contribution in [0.1, 0.15) is 62.2 Å². The van der Waals surface area contributed by atoms with Gasteiger partial charge in [-0.25, -0.2) is 9.18 Å². The first-order valence-electron chi connectivity index (χ1n) is 11.8. The predicted octanol–water partition coefficient (Wildman–Crippen LogP) is 4.36. The van der Waals surface area contributed by atoms with Crippen LogP contribution in [0.25, 0.3) is 0 Å². The smallest absolute Gasteiger partial charge is 0.314 e. The van der Waals surface area contributed by atoms with Crippen LogP contribution in [0, 0.1) is 29.0 Å². The Morgan fingerprint density at radius 1 is 1.09 bits per heavy atom. The maximum atomic E-state index is 14.3. The number of hydrogen-bond acceptors (Lipinski definition) is 3. The van der Waals surface area contributed by atoms with Crippen molar-refractivity contribution in [2.45, 2.75) is 69.8 Å². The van der Waals surface area contributed by atoms with Crippen LogP contribution in [-0.2, 0) is 4.79 Å². The van der Waals surface area contributed by atoms with Gasteiger partial charge in [0, 0.05) is 11.6 Å². The summed E-state index contributed by atoms with van der Waals surface area (Å²) in [6.07, 6.45) is 0.776.